The van der Waals surface area contributed by atoms with Crippen LogP contribution in [0.4, 0.5) is 36.3 Å². The topological polar surface area (TPSA) is 32.3 Å². The summed E-state index contributed by atoms with van der Waals surface area (Å²) in [5.74, 6) is -0.0363. The Morgan fingerprint density at radius 3 is 2.04 bits per heavy atom. The van der Waals surface area contributed by atoms with Crippen LogP contribution in [0.5, 0.6) is 0 Å². The van der Waals surface area contributed by atoms with Gasteiger partial charge in [-0.25, -0.2) is 4.98 Å². The van der Waals surface area contributed by atoms with Crippen LogP contribution in [0.25, 0.3) is 0 Å². The Labute approximate surface area is 163 Å². The number of benzene rings is 2. The van der Waals surface area contributed by atoms with Crippen LogP contribution in [0.3, 0.4) is 0 Å². The van der Waals surface area contributed by atoms with Gasteiger partial charge in [-0.1, -0.05) is 34.1 Å². The van der Waals surface area contributed by atoms with Gasteiger partial charge in [0.15, 0.2) is 5.82 Å². The van der Waals surface area contributed by atoms with Gasteiger partial charge in [0.2, 0.25) is 5.95 Å². The van der Waals surface area contributed by atoms with E-state index in [0.717, 1.165) is 16.4 Å². The van der Waals surface area contributed by atoms with Crippen molar-refractivity contribution in [1.29, 1.82) is 0 Å². The molecule has 0 unspecified atom stereocenters. The third-order valence-electron chi connectivity index (χ3n) is 4.04. The van der Waals surface area contributed by atoms with Crippen LogP contribution in [0.1, 0.15) is 5.56 Å². The molecular formula is C19H16BrF3N4. The standard InChI is InChI=1S/C19H16BrF3N4/c1-26(15-10-8-13(20)9-11-15)17-16(19(21,22)23)12-24-18(25-17)27(2)14-6-4-3-5-7-14/h3-12H,1-2H3. The smallest absolute Gasteiger partial charge is 0.329 e. The largest absolute Gasteiger partial charge is 0.421 e. The molecule has 0 saturated heterocycles. The van der Waals surface area contributed by atoms with Gasteiger partial charge in [0.1, 0.15) is 5.56 Å². The van der Waals surface area contributed by atoms with Crippen molar-refractivity contribution in [2.75, 3.05) is 23.9 Å². The zero-order valence-corrected chi connectivity index (χ0v) is 16.2. The fraction of sp³-hybridized carbons (Fsp3) is 0.158. The third kappa shape index (κ3) is 4.21. The lowest BCUT2D eigenvalue weighted by molar-refractivity contribution is -0.137. The van der Waals surface area contributed by atoms with Crippen molar-refractivity contribution < 1.29 is 13.2 Å². The van der Waals surface area contributed by atoms with E-state index in [1.165, 1.54) is 4.90 Å². The van der Waals surface area contributed by atoms with Crippen molar-refractivity contribution in [2.24, 2.45) is 0 Å². The maximum atomic E-state index is 13.5. The van der Waals surface area contributed by atoms with Crippen molar-refractivity contribution in [3.8, 4) is 0 Å². The van der Waals surface area contributed by atoms with Gasteiger partial charge in [-0.15, -0.1) is 0 Å². The third-order valence-corrected chi connectivity index (χ3v) is 4.57. The summed E-state index contributed by atoms with van der Waals surface area (Å²) in [5.41, 5.74) is 0.461. The Hall–Kier alpha value is -2.61. The van der Waals surface area contributed by atoms with E-state index in [1.54, 1.807) is 43.3 Å². The van der Waals surface area contributed by atoms with Crippen LogP contribution >= 0.6 is 15.9 Å². The molecule has 8 heteroatoms. The Bertz CT molecular complexity index is 914. The molecule has 0 N–H and O–H groups in total. The zero-order chi connectivity index (χ0) is 19.6. The molecular weight excluding hydrogens is 421 g/mol. The number of alkyl halides is 3. The van der Waals surface area contributed by atoms with E-state index >= 15 is 0 Å². The van der Waals surface area contributed by atoms with Gasteiger partial charge in [-0.2, -0.15) is 18.2 Å². The van der Waals surface area contributed by atoms with Crippen LogP contribution in [0, 0.1) is 0 Å². The van der Waals surface area contributed by atoms with Gasteiger partial charge >= 0.3 is 6.18 Å². The SMILES string of the molecule is CN(c1ccccc1)c1ncc(C(F)(F)F)c(N(C)c2ccc(Br)cc2)n1. The molecule has 0 aliphatic rings. The van der Waals surface area contributed by atoms with Crippen LogP contribution in [0.2, 0.25) is 0 Å². The number of hydrogen-bond acceptors (Lipinski definition) is 4. The first-order valence-electron chi connectivity index (χ1n) is 7.99. The number of nitrogens with zero attached hydrogens (tertiary/aromatic N) is 4. The monoisotopic (exact) mass is 436 g/mol. The normalized spacial score (nSPS) is 11.3. The second kappa shape index (κ2) is 7.56. The van der Waals surface area contributed by atoms with E-state index in [1.807, 2.05) is 30.3 Å². The summed E-state index contributed by atoms with van der Waals surface area (Å²) in [6.45, 7) is 0. The van der Waals surface area contributed by atoms with Crippen molar-refractivity contribution in [3.05, 3.63) is 70.8 Å². The van der Waals surface area contributed by atoms with Gasteiger partial charge < -0.3 is 9.80 Å². The molecule has 0 saturated carbocycles. The first-order chi connectivity index (χ1) is 12.8. The summed E-state index contributed by atoms with van der Waals surface area (Å²) in [4.78, 5) is 11.2. The second-order valence-electron chi connectivity index (χ2n) is 5.84. The lowest BCUT2D eigenvalue weighted by atomic mass is 10.2. The minimum absolute atomic E-state index is 0.174. The predicted molar refractivity (Wildman–Crippen MR) is 104 cm³/mol. The number of rotatable bonds is 4. The highest BCUT2D eigenvalue weighted by Crippen LogP contribution is 2.38. The van der Waals surface area contributed by atoms with Gasteiger partial charge in [0.05, 0.1) is 0 Å². The molecule has 0 aliphatic heterocycles. The Balaban J connectivity index is 2.07. The fourth-order valence-corrected chi connectivity index (χ4v) is 2.80. The van der Waals surface area contributed by atoms with E-state index in [-0.39, 0.29) is 11.8 Å². The van der Waals surface area contributed by atoms with E-state index in [9.17, 15) is 13.2 Å². The number of halogens is 4. The number of para-hydroxylation sites is 1. The summed E-state index contributed by atoms with van der Waals surface area (Å²) in [6.07, 6.45) is -3.74. The predicted octanol–water partition coefficient (Wildman–Crippen LogP) is 5.79. The second-order valence-corrected chi connectivity index (χ2v) is 6.75. The highest BCUT2D eigenvalue weighted by atomic mass is 79.9. The maximum absolute atomic E-state index is 13.5. The summed E-state index contributed by atoms with van der Waals surface area (Å²) >= 11 is 3.32. The van der Waals surface area contributed by atoms with E-state index < -0.39 is 11.7 Å². The fourth-order valence-electron chi connectivity index (χ4n) is 2.54. The molecule has 2 aromatic carbocycles. The highest BCUT2D eigenvalue weighted by molar-refractivity contribution is 9.10. The van der Waals surface area contributed by atoms with Crippen molar-refractivity contribution >= 4 is 39.1 Å². The van der Waals surface area contributed by atoms with Gasteiger partial charge in [-0.3, -0.25) is 0 Å². The van der Waals surface area contributed by atoms with Crippen molar-refractivity contribution in [2.45, 2.75) is 6.18 Å². The Morgan fingerprint density at radius 2 is 1.44 bits per heavy atom. The minimum atomic E-state index is -4.57. The lowest BCUT2D eigenvalue weighted by Gasteiger charge is -2.25. The van der Waals surface area contributed by atoms with Crippen LogP contribution in [-0.2, 0) is 6.18 Å². The molecule has 1 aromatic heterocycles. The molecule has 140 valence electrons. The number of anilines is 4. The number of hydrogen-bond donors (Lipinski definition) is 0. The van der Waals surface area contributed by atoms with Gasteiger partial charge in [0.25, 0.3) is 0 Å². The Kier molecular flexibility index (Phi) is 5.36. The summed E-state index contributed by atoms with van der Waals surface area (Å²) < 4.78 is 41.4. The first kappa shape index (κ1) is 19.2. The van der Waals surface area contributed by atoms with Gasteiger partial charge in [0, 0.05) is 36.1 Å². The molecule has 0 atom stereocenters. The molecule has 1 heterocycles. The molecule has 0 spiro atoms. The highest BCUT2D eigenvalue weighted by Gasteiger charge is 2.36. The van der Waals surface area contributed by atoms with Crippen LogP contribution < -0.4 is 9.80 Å². The quantitative estimate of drug-likeness (QED) is 0.517. The molecule has 0 radical (unpaired) electrons. The lowest BCUT2D eigenvalue weighted by Crippen LogP contribution is -2.21. The van der Waals surface area contributed by atoms with Crippen LogP contribution in [0.15, 0.2) is 65.3 Å². The first-order valence-corrected chi connectivity index (χ1v) is 8.79. The minimum Gasteiger partial charge on any atom is -0.329 e. The van der Waals surface area contributed by atoms with E-state index in [0.29, 0.717) is 5.69 Å². The average molecular weight is 437 g/mol. The molecule has 0 fully saturated rings. The summed E-state index contributed by atoms with van der Waals surface area (Å²) in [5, 5.41) is 0. The zero-order valence-electron chi connectivity index (χ0n) is 14.6. The summed E-state index contributed by atoms with van der Waals surface area (Å²) in [6, 6.07) is 16.2. The molecule has 27 heavy (non-hydrogen) atoms. The van der Waals surface area contributed by atoms with Crippen molar-refractivity contribution in [3.63, 3.8) is 0 Å². The van der Waals surface area contributed by atoms with Gasteiger partial charge in [-0.05, 0) is 36.4 Å². The van der Waals surface area contributed by atoms with E-state index in [4.69, 9.17) is 0 Å². The van der Waals surface area contributed by atoms with E-state index in [2.05, 4.69) is 25.9 Å². The molecule has 4 nitrogen and oxygen atoms in total. The average Bonchev–Trinajstić information content (AvgIpc) is 2.67. The molecule has 0 bridgehead atoms. The summed E-state index contributed by atoms with van der Waals surface area (Å²) in [7, 11) is 3.26. The van der Waals surface area contributed by atoms with Crippen LogP contribution in [-0.4, -0.2) is 24.1 Å². The maximum Gasteiger partial charge on any atom is 0.421 e. The molecule has 0 amide bonds. The number of aromatic nitrogens is 2. The molecule has 0 aliphatic carbocycles. The Morgan fingerprint density at radius 1 is 0.852 bits per heavy atom. The van der Waals surface area contributed by atoms with Crippen molar-refractivity contribution in [1.82, 2.24) is 9.97 Å². The molecule has 3 rings (SSSR count). The molecule has 3 aromatic rings.